The number of carbonyl (C=O) groups is 2. The number of amides is 1. The SMILES string of the molecule is COC(=O)C(C)NC(=O)C(C)Oc1cccc(C)c1. The molecule has 0 bridgehead atoms. The van der Waals surface area contributed by atoms with Gasteiger partial charge in [0.1, 0.15) is 11.8 Å². The van der Waals surface area contributed by atoms with Crippen LogP contribution in [0.4, 0.5) is 0 Å². The zero-order valence-corrected chi connectivity index (χ0v) is 11.6. The Hall–Kier alpha value is -2.04. The van der Waals surface area contributed by atoms with Gasteiger partial charge in [-0.25, -0.2) is 4.79 Å². The van der Waals surface area contributed by atoms with E-state index in [1.807, 2.05) is 25.1 Å². The van der Waals surface area contributed by atoms with Gasteiger partial charge in [-0.3, -0.25) is 4.79 Å². The molecule has 0 saturated carbocycles. The van der Waals surface area contributed by atoms with Crippen LogP contribution in [0.1, 0.15) is 19.4 Å². The number of hydrogen-bond acceptors (Lipinski definition) is 4. The smallest absolute Gasteiger partial charge is 0.328 e. The van der Waals surface area contributed by atoms with Crippen molar-refractivity contribution < 1.29 is 19.1 Å². The molecule has 1 aromatic rings. The van der Waals surface area contributed by atoms with Crippen LogP contribution in [0.2, 0.25) is 0 Å². The first-order valence-corrected chi connectivity index (χ1v) is 6.05. The summed E-state index contributed by atoms with van der Waals surface area (Å²) in [6.07, 6.45) is -0.686. The van der Waals surface area contributed by atoms with Crippen LogP contribution in [0.25, 0.3) is 0 Å². The summed E-state index contributed by atoms with van der Waals surface area (Å²) < 4.78 is 10.0. The Balaban J connectivity index is 2.56. The van der Waals surface area contributed by atoms with Crippen molar-refractivity contribution in [3.63, 3.8) is 0 Å². The summed E-state index contributed by atoms with van der Waals surface area (Å²) in [6.45, 7) is 5.13. The lowest BCUT2D eigenvalue weighted by molar-refractivity contribution is -0.145. The van der Waals surface area contributed by atoms with E-state index in [2.05, 4.69) is 10.1 Å². The Morgan fingerprint density at radius 2 is 1.95 bits per heavy atom. The summed E-state index contributed by atoms with van der Waals surface area (Å²) in [5.41, 5.74) is 1.05. The number of carbonyl (C=O) groups excluding carboxylic acids is 2. The zero-order chi connectivity index (χ0) is 14.4. The highest BCUT2D eigenvalue weighted by Crippen LogP contribution is 2.14. The van der Waals surface area contributed by atoms with Crippen LogP contribution in [-0.2, 0) is 14.3 Å². The van der Waals surface area contributed by atoms with Gasteiger partial charge >= 0.3 is 5.97 Å². The number of ether oxygens (including phenoxy) is 2. The monoisotopic (exact) mass is 265 g/mol. The second-order valence-corrected chi connectivity index (χ2v) is 4.33. The van der Waals surface area contributed by atoms with Crippen molar-refractivity contribution in [3.8, 4) is 5.75 Å². The molecule has 1 aromatic carbocycles. The van der Waals surface area contributed by atoms with Crippen LogP contribution >= 0.6 is 0 Å². The van der Waals surface area contributed by atoms with Gasteiger partial charge in [0.05, 0.1) is 7.11 Å². The molecular weight excluding hydrogens is 246 g/mol. The lowest BCUT2D eigenvalue weighted by Crippen LogP contribution is -2.45. The summed E-state index contributed by atoms with van der Waals surface area (Å²) in [6, 6.07) is 6.72. The first kappa shape index (κ1) is 15.0. The van der Waals surface area contributed by atoms with Crippen LogP contribution in [0.15, 0.2) is 24.3 Å². The molecule has 1 amide bonds. The van der Waals surface area contributed by atoms with E-state index >= 15 is 0 Å². The highest BCUT2D eigenvalue weighted by atomic mass is 16.5. The molecule has 0 aliphatic rings. The van der Waals surface area contributed by atoms with Gasteiger partial charge in [-0.15, -0.1) is 0 Å². The number of methoxy groups -OCH3 is 1. The first-order valence-electron chi connectivity index (χ1n) is 6.05. The maximum absolute atomic E-state index is 11.8. The van der Waals surface area contributed by atoms with Crippen molar-refractivity contribution in [2.75, 3.05) is 7.11 Å². The number of esters is 1. The van der Waals surface area contributed by atoms with Crippen molar-refractivity contribution in [2.24, 2.45) is 0 Å². The van der Waals surface area contributed by atoms with Crippen LogP contribution in [0.5, 0.6) is 5.75 Å². The van der Waals surface area contributed by atoms with Gasteiger partial charge in [0.2, 0.25) is 0 Å². The minimum atomic E-state index is -0.693. The fourth-order valence-electron chi connectivity index (χ4n) is 1.51. The molecular formula is C14H19NO4. The third-order valence-corrected chi connectivity index (χ3v) is 2.59. The largest absolute Gasteiger partial charge is 0.481 e. The van der Waals surface area contributed by atoms with Gasteiger partial charge in [-0.2, -0.15) is 0 Å². The molecule has 1 N–H and O–H groups in total. The van der Waals surface area contributed by atoms with Crippen LogP contribution in [0.3, 0.4) is 0 Å². The Kier molecular flexibility index (Phi) is 5.36. The van der Waals surface area contributed by atoms with E-state index < -0.39 is 18.1 Å². The lowest BCUT2D eigenvalue weighted by Gasteiger charge is -2.17. The Labute approximate surface area is 112 Å². The Morgan fingerprint density at radius 3 is 2.53 bits per heavy atom. The summed E-state index contributed by atoms with van der Waals surface area (Å²) in [4.78, 5) is 23.0. The Morgan fingerprint density at radius 1 is 1.26 bits per heavy atom. The average Bonchev–Trinajstić information content (AvgIpc) is 2.37. The van der Waals surface area contributed by atoms with Crippen molar-refractivity contribution >= 4 is 11.9 Å². The molecule has 0 heterocycles. The van der Waals surface area contributed by atoms with Gasteiger partial charge < -0.3 is 14.8 Å². The molecule has 1 rings (SSSR count). The number of nitrogens with one attached hydrogen (secondary N) is 1. The number of hydrogen-bond donors (Lipinski definition) is 1. The van der Waals surface area contributed by atoms with Gasteiger partial charge in [0.15, 0.2) is 6.10 Å². The van der Waals surface area contributed by atoms with E-state index in [1.54, 1.807) is 19.9 Å². The summed E-state index contributed by atoms with van der Waals surface area (Å²) >= 11 is 0. The van der Waals surface area contributed by atoms with Crippen LogP contribution in [0, 0.1) is 6.92 Å². The molecule has 0 spiro atoms. The quantitative estimate of drug-likeness (QED) is 0.818. The predicted octanol–water partition coefficient (Wildman–Crippen LogP) is 1.44. The highest BCUT2D eigenvalue weighted by molar-refractivity contribution is 5.86. The minimum absolute atomic E-state index is 0.362. The van der Waals surface area contributed by atoms with Crippen LogP contribution in [-0.4, -0.2) is 31.1 Å². The molecule has 104 valence electrons. The van der Waals surface area contributed by atoms with E-state index in [4.69, 9.17) is 4.74 Å². The van der Waals surface area contributed by atoms with E-state index in [0.29, 0.717) is 5.75 Å². The summed E-state index contributed by atoms with van der Waals surface area (Å²) in [5.74, 6) is -0.233. The highest BCUT2D eigenvalue weighted by Gasteiger charge is 2.21. The molecule has 2 atom stereocenters. The van der Waals surface area contributed by atoms with E-state index in [-0.39, 0.29) is 5.91 Å². The second-order valence-electron chi connectivity index (χ2n) is 4.33. The van der Waals surface area contributed by atoms with Gasteiger partial charge in [0.25, 0.3) is 5.91 Å². The van der Waals surface area contributed by atoms with Gasteiger partial charge in [-0.05, 0) is 38.5 Å². The number of benzene rings is 1. The van der Waals surface area contributed by atoms with Crippen molar-refractivity contribution in [1.29, 1.82) is 0 Å². The minimum Gasteiger partial charge on any atom is -0.481 e. The zero-order valence-electron chi connectivity index (χ0n) is 11.6. The summed E-state index contributed by atoms with van der Waals surface area (Å²) in [7, 11) is 1.28. The van der Waals surface area contributed by atoms with E-state index in [0.717, 1.165) is 5.56 Å². The van der Waals surface area contributed by atoms with Crippen LogP contribution < -0.4 is 10.1 Å². The molecule has 5 nitrogen and oxygen atoms in total. The van der Waals surface area contributed by atoms with Crippen molar-refractivity contribution in [2.45, 2.75) is 32.9 Å². The van der Waals surface area contributed by atoms with Gasteiger partial charge in [-0.1, -0.05) is 12.1 Å². The van der Waals surface area contributed by atoms with Crippen molar-refractivity contribution in [3.05, 3.63) is 29.8 Å². The van der Waals surface area contributed by atoms with Crippen molar-refractivity contribution in [1.82, 2.24) is 5.32 Å². The molecule has 0 aromatic heterocycles. The molecule has 0 radical (unpaired) electrons. The van der Waals surface area contributed by atoms with Gasteiger partial charge in [0, 0.05) is 0 Å². The number of rotatable bonds is 5. The second kappa shape index (κ2) is 6.78. The maximum atomic E-state index is 11.8. The molecule has 0 aliphatic heterocycles. The fraction of sp³-hybridized carbons (Fsp3) is 0.429. The Bertz CT molecular complexity index is 459. The third-order valence-electron chi connectivity index (χ3n) is 2.59. The third kappa shape index (κ3) is 4.62. The van der Waals surface area contributed by atoms with E-state index in [9.17, 15) is 9.59 Å². The molecule has 2 unspecified atom stereocenters. The molecule has 19 heavy (non-hydrogen) atoms. The molecule has 0 saturated heterocycles. The predicted molar refractivity (Wildman–Crippen MR) is 70.9 cm³/mol. The first-order chi connectivity index (χ1) is 8.93. The lowest BCUT2D eigenvalue weighted by atomic mass is 10.2. The topological polar surface area (TPSA) is 64.6 Å². The fourth-order valence-corrected chi connectivity index (χ4v) is 1.51. The maximum Gasteiger partial charge on any atom is 0.328 e. The molecule has 0 fully saturated rings. The summed E-state index contributed by atoms with van der Waals surface area (Å²) in [5, 5.41) is 2.53. The standard InChI is InChI=1S/C14H19NO4/c1-9-6-5-7-12(8-9)19-11(3)13(16)15-10(2)14(17)18-4/h5-8,10-11H,1-4H3,(H,15,16). The average molecular weight is 265 g/mol. The molecule has 0 aliphatic carbocycles. The normalized spacial score (nSPS) is 13.3. The molecule has 5 heteroatoms. The number of aryl methyl sites for hydroxylation is 1. The van der Waals surface area contributed by atoms with E-state index in [1.165, 1.54) is 7.11 Å².